The molecule has 0 bridgehead atoms. The van der Waals surface area contributed by atoms with Crippen LogP contribution in [-0.2, 0) is 9.59 Å². The first-order valence-electron chi connectivity index (χ1n) is 14.0. The Morgan fingerprint density at radius 2 is 1.03 bits per heavy atom. The van der Waals surface area contributed by atoms with Crippen LogP contribution in [0.15, 0.2) is 9.98 Å². The smallest absolute Gasteiger partial charge is 0.333 e. The lowest BCUT2D eigenvalue weighted by molar-refractivity contribution is -0.160. The van der Waals surface area contributed by atoms with Crippen LogP contribution in [0.4, 0.5) is 4.79 Å². The average molecular weight is 523 g/mol. The lowest BCUT2D eigenvalue weighted by Crippen LogP contribution is -2.65. The quantitative estimate of drug-likeness (QED) is 0.0818. The van der Waals surface area contributed by atoms with E-state index in [0.29, 0.717) is 51.6 Å². The average Bonchev–Trinajstić information content (AvgIpc) is 2.85. The Morgan fingerprint density at radius 1 is 0.622 bits per heavy atom. The van der Waals surface area contributed by atoms with E-state index < -0.39 is 11.4 Å². The highest BCUT2D eigenvalue weighted by Gasteiger charge is 2.55. The van der Waals surface area contributed by atoms with E-state index in [1.807, 2.05) is 0 Å². The molecule has 37 heavy (non-hydrogen) atoms. The van der Waals surface area contributed by atoms with Gasteiger partial charge >= 0.3 is 6.03 Å². The lowest BCUT2D eigenvalue weighted by Gasteiger charge is -2.44. The van der Waals surface area contributed by atoms with Crippen molar-refractivity contribution in [2.75, 3.05) is 26.2 Å². The van der Waals surface area contributed by atoms with Crippen molar-refractivity contribution in [3.8, 4) is 0 Å². The summed E-state index contributed by atoms with van der Waals surface area (Å²) in [6.45, 7) is 5.58. The number of urea groups is 1. The zero-order valence-corrected chi connectivity index (χ0v) is 23.1. The van der Waals surface area contributed by atoms with Crippen molar-refractivity contribution < 1.29 is 14.4 Å². The van der Waals surface area contributed by atoms with E-state index in [1.165, 1.54) is 9.80 Å². The molecule has 1 rings (SSSR count). The van der Waals surface area contributed by atoms with Gasteiger partial charge in [-0.3, -0.25) is 29.4 Å². The maximum Gasteiger partial charge on any atom is 0.333 e. The van der Waals surface area contributed by atoms with Gasteiger partial charge < -0.3 is 22.9 Å². The van der Waals surface area contributed by atoms with Gasteiger partial charge in [0.2, 0.25) is 11.8 Å². The second kappa shape index (κ2) is 17.6. The van der Waals surface area contributed by atoms with Gasteiger partial charge in [-0.15, -0.1) is 0 Å². The van der Waals surface area contributed by atoms with Crippen LogP contribution in [0.1, 0.15) is 104 Å². The number of hydrogen-bond acceptors (Lipinski definition) is 5. The normalized spacial score (nSPS) is 15.2. The summed E-state index contributed by atoms with van der Waals surface area (Å²) in [5.41, 5.74) is 20.4. The van der Waals surface area contributed by atoms with Gasteiger partial charge in [-0.05, 0) is 38.5 Å². The van der Waals surface area contributed by atoms with Crippen molar-refractivity contribution in [2.45, 2.75) is 104 Å². The fraction of sp³-hybridized carbons (Fsp3) is 0.808. The van der Waals surface area contributed by atoms with E-state index in [4.69, 9.17) is 22.9 Å². The molecule has 0 atom stereocenters. The third-order valence-corrected chi connectivity index (χ3v) is 6.85. The van der Waals surface area contributed by atoms with Crippen LogP contribution in [0.2, 0.25) is 0 Å². The molecular formula is C26H50N8O3. The molecule has 11 heteroatoms. The van der Waals surface area contributed by atoms with Crippen molar-refractivity contribution in [3.63, 3.8) is 0 Å². The summed E-state index contributed by atoms with van der Waals surface area (Å²) in [4.78, 5) is 51.8. The topological polar surface area (TPSA) is 186 Å². The van der Waals surface area contributed by atoms with E-state index in [1.54, 1.807) is 0 Å². The van der Waals surface area contributed by atoms with Gasteiger partial charge in [0, 0.05) is 26.2 Å². The first-order valence-corrected chi connectivity index (χ1v) is 14.0. The summed E-state index contributed by atoms with van der Waals surface area (Å²) in [5.74, 6) is -0.648. The van der Waals surface area contributed by atoms with Gasteiger partial charge in [-0.2, -0.15) is 0 Å². The summed E-state index contributed by atoms with van der Waals surface area (Å²) in [6.07, 6.45) is 11.0. The molecule has 1 fully saturated rings. The molecule has 0 saturated carbocycles. The van der Waals surface area contributed by atoms with Crippen molar-refractivity contribution in [3.05, 3.63) is 0 Å². The van der Waals surface area contributed by atoms with Gasteiger partial charge in [-0.1, -0.05) is 65.2 Å². The Morgan fingerprint density at radius 3 is 1.38 bits per heavy atom. The summed E-state index contributed by atoms with van der Waals surface area (Å²) < 4.78 is 0. The maximum atomic E-state index is 13.9. The number of nitrogens with two attached hydrogens (primary N) is 4. The van der Waals surface area contributed by atoms with Crippen LogP contribution in [-0.4, -0.2) is 65.7 Å². The van der Waals surface area contributed by atoms with E-state index in [-0.39, 0.29) is 36.8 Å². The number of hydrogen-bond donors (Lipinski definition) is 4. The first kappa shape index (κ1) is 32.2. The summed E-state index contributed by atoms with van der Waals surface area (Å²) in [5, 5.41) is 0. The summed E-state index contributed by atoms with van der Waals surface area (Å²) in [7, 11) is 0. The van der Waals surface area contributed by atoms with E-state index in [2.05, 4.69) is 23.8 Å². The molecule has 0 radical (unpaired) electrons. The number of carbonyl (C=O) groups is 3. The fourth-order valence-corrected chi connectivity index (χ4v) is 4.76. The molecule has 1 aliphatic heterocycles. The standard InChI is InChI=1S/C26H50N8O3/c1-3-5-7-9-15-26(16-10-8-6-4-2)21(35)33(19-13-11-17-31-23(27)28)25(37)34(22(26)36)20-14-12-18-32-24(29)30/h3-20H2,1-2H3,(H4,27,28,31)(H4,29,30,32). The van der Waals surface area contributed by atoms with Crippen LogP contribution in [0.5, 0.6) is 0 Å². The maximum absolute atomic E-state index is 13.9. The number of carbonyl (C=O) groups excluding carboxylic acids is 3. The SMILES string of the molecule is CCCCCCC1(CCCCCC)C(=O)N(CCCCN=C(N)N)C(=O)N(CCCCN=C(N)N)C1=O. The van der Waals surface area contributed by atoms with Gasteiger partial charge in [0.15, 0.2) is 11.9 Å². The molecule has 4 amide bonds. The largest absolute Gasteiger partial charge is 0.370 e. The number of unbranched alkanes of at least 4 members (excludes halogenated alkanes) is 8. The van der Waals surface area contributed by atoms with Crippen LogP contribution >= 0.6 is 0 Å². The van der Waals surface area contributed by atoms with Gasteiger partial charge in [-0.25, -0.2) is 4.79 Å². The van der Waals surface area contributed by atoms with Crippen LogP contribution < -0.4 is 22.9 Å². The molecule has 1 heterocycles. The van der Waals surface area contributed by atoms with Crippen molar-refractivity contribution in [2.24, 2.45) is 38.3 Å². The molecule has 0 aromatic heterocycles. The Hall–Kier alpha value is -2.85. The minimum atomic E-state index is -1.19. The Bertz CT molecular complexity index is 714. The summed E-state index contributed by atoms with van der Waals surface area (Å²) >= 11 is 0. The molecule has 0 aliphatic carbocycles. The van der Waals surface area contributed by atoms with E-state index in [9.17, 15) is 14.4 Å². The minimum absolute atomic E-state index is 0.0146. The van der Waals surface area contributed by atoms with Crippen molar-refractivity contribution in [1.29, 1.82) is 0 Å². The fourth-order valence-electron chi connectivity index (χ4n) is 4.76. The molecular weight excluding hydrogens is 472 g/mol. The Labute approximate surface area is 222 Å². The number of imide groups is 2. The molecule has 8 N–H and O–H groups in total. The predicted molar refractivity (Wildman–Crippen MR) is 149 cm³/mol. The molecule has 1 saturated heterocycles. The van der Waals surface area contributed by atoms with Crippen LogP contribution in [0.25, 0.3) is 0 Å². The minimum Gasteiger partial charge on any atom is -0.370 e. The molecule has 0 aromatic rings. The number of amides is 4. The molecule has 0 spiro atoms. The second-order valence-corrected chi connectivity index (χ2v) is 9.93. The third-order valence-electron chi connectivity index (χ3n) is 6.85. The first-order chi connectivity index (χ1) is 17.7. The van der Waals surface area contributed by atoms with Crippen molar-refractivity contribution >= 4 is 29.8 Å². The van der Waals surface area contributed by atoms with Crippen molar-refractivity contribution in [1.82, 2.24) is 9.80 Å². The number of nitrogens with zero attached hydrogens (tertiary/aromatic N) is 4. The molecule has 0 unspecified atom stereocenters. The highest BCUT2D eigenvalue weighted by Crippen LogP contribution is 2.40. The highest BCUT2D eigenvalue weighted by molar-refractivity contribution is 6.19. The Kier molecular flexibility index (Phi) is 15.3. The second-order valence-electron chi connectivity index (χ2n) is 9.93. The molecule has 11 nitrogen and oxygen atoms in total. The van der Waals surface area contributed by atoms with Gasteiger partial charge in [0.25, 0.3) is 0 Å². The number of aliphatic imine (C=N–C) groups is 2. The van der Waals surface area contributed by atoms with E-state index in [0.717, 1.165) is 51.4 Å². The zero-order chi connectivity index (χ0) is 27.7. The molecule has 1 aliphatic rings. The number of guanidine groups is 2. The monoisotopic (exact) mass is 522 g/mol. The predicted octanol–water partition coefficient (Wildman–Crippen LogP) is 2.81. The zero-order valence-electron chi connectivity index (χ0n) is 23.1. The molecule has 0 aromatic carbocycles. The van der Waals surface area contributed by atoms with Gasteiger partial charge in [0.1, 0.15) is 5.41 Å². The number of rotatable bonds is 20. The van der Waals surface area contributed by atoms with Crippen LogP contribution in [0, 0.1) is 5.41 Å². The third kappa shape index (κ3) is 10.6. The lowest BCUT2D eigenvalue weighted by atomic mass is 9.74. The summed E-state index contributed by atoms with van der Waals surface area (Å²) in [6, 6.07) is -0.531. The van der Waals surface area contributed by atoms with Crippen LogP contribution in [0.3, 0.4) is 0 Å². The number of barbiturate groups is 1. The van der Waals surface area contributed by atoms with E-state index >= 15 is 0 Å². The molecule has 212 valence electrons. The highest BCUT2D eigenvalue weighted by atomic mass is 16.2. The Balaban J connectivity index is 3.16. The van der Waals surface area contributed by atoms with Gasteiger partial charge in [0.05, 0.1) is 0 Å².